The molecule has 2 nitrogen and oxygen atoms in total. The molecule has 0 spiro atoms. The van der Waals surface area contributed by atoms with Crippen LogP contribution in [0, 0.1) is 0 Å². The summed E-state index contributed by atoms with van der Waals surface area (Å²) >= 11 is 0. The second-order valence-electron chi connectivity index (χ2n) is 5.10. The summed E-state index contributed by atoms with van der Waals surface area (Å²) < 4.78 is 5.62. The SMILES string of the molecule is CCc1ccc(C(=O)OC2(C)CCCC2)cc1. The van der Waals surface area contributed by atoms with Gasteiger partial charge in [0.2, 0.25) is 0 Å². The number of benzene rings is 1. The van der Waals surface area contributed by atoms with E-state index in [9.17, 15) is 4.79 Å². The molecule has 0 saturated heterocycles. The Hall–Kier alpha value is -1.31. The first-order valence-electron chi connectivity index (χ1n) is 6.45. The number of hydrogen-bond acceptors (Lipinski definition) is 2. The molecule has 0 atom stereocenters. The van der Waals surface area contributed by atoms with E-state index in [4.69, 9.17) is 4.74 Å². The minimum Gasteiger partial charge on any atom is -0.456 e. The summed E-state index contributed by atoms with van der Waals surface area (Å²) in [6.07, 6.45) is 5.31. The molecule has 1 aromatic carbocycles. The molecule has 0 heterocycles. The zero-order chi connectivity index (χ0) is 12.3. The first kappa shape index (κ1) is 12.2. The largest absolute Gasteiger partial charge is 0.456 e. The monoisotopic (exact) mass is 232 g/mol. The van der Waals surface area contributed by atoms with Crippen LogP contribution in [0.1, 0.15) is 55.5 Å². The normalized spacial score (nSPS) is 18.0. The lowest BCUT2D eigenvalue weighted by Crippen LogP contribution is -2.28. The highest BCUT2D eigenvalue weighted by molar-refractivity contribution is 5.89. The van der Waals surface area contributed by atoms with Crippen LogP contribution >= 0.6 is 0 Å². The Morgan fingerprint density at radius 1 is 1.24 bits per heavy atom. The number of ether oxygens (including phenoxy) is 1. The highest BCUT2D eigenvalue weighted by Gasteiger charge is 2.32. The number of rotatable bonds is 3. The third-order valence-corrected chi connectivity index (χ3v) is 3.60. The van der Waals surface area contributed by atoms with Gasteiger partial charge in [0.15, 0.2) is 0 Å². The zero-order valence-electron chi connectivity index (χ0n) is 10.7. The summed E-state index contributed by atoms with van der Waals surface area (Å²) in [6, 6.07) is 7.71. The smallest absolute Gasteiger partial charge is 0.338 e. The van der Waals surface area contributed by atoms with Crippen molar-refractivity contribution < 1.29 is 9.53 Å². The highest BCUT2D eigenvalue weighted by Crippen LogP contribution is 2.33. The minimum absolute atomic E-state index is 0.183. The zero-order valence-corrected chi connectivity index (χ0v) is 10.7. The van der Waals surface area contributed by atoms with Gasteiger partial charge in [0.05, 0.1) is 5.56 Å². The topological polar surface area (TPSA) is 26.3 Å². The third-order valence-electron chi connectivity index (χ3n) is 3.60. The Labute approximate surface area is 103 Å². The van der Waals surface area contributed by atoms with Crippen LogP contribution in [0.4, 0.5) is 0 Å². The molecule has 17 heavy (non-hydrogen) atoms. The van der Waals surface area contributed by atoms with Crippen LogP contribution in [0.5, 0.6) is 0 Å². The van der Waals surface area contributed by atoms with Gasteiger partial charge in [-0.25, -0.2) is 4.79 Å². The molecule has 2 rings (SSSR count). The van der Waals surface area contributed by atoms with Crippen LogP contribution in [0.3, 0.4) is 0 Å². The summed E-state index contributed by atoms with van der Waals surface area (Å²) in [5.74, 6) is -0.183. The summed E-state index contributed by atoms with van der Waals surface area (Å²) in [6.45, 7) is 4.14. The average Bonchev–Trinajstić information content (AvgIpc) is 2.76. The van der Waals surface area contributed by atoms with Crippen LogP contribution in [-0.4, -0.2) is 11.6 Å². The molecular weight excluding hydrogens is 212 g/mol. The molecule has 1 fully saturated rings. The van der Waals surface area contributed by atoms with Crippen molar-refractivity contribution in [2.24, 2.45) is 0 Å². The van der Waals surface area contributed by atoms with Gasteiger partial charge in [0, 0.05) is 0 Å². The van der Waals surface area contributed by atoms with Crippen LogP contribution in [-0.2, 0) is 11.2 Å². The molecule has 0 bridgehead atoms. The average molecular weight is 232 g/mol. The van der Waals surface area contributed by atoms with Crippen LogP contribution in [0.15, 0.2) is 24.3 Å². The standard InChI is InChI=1S/C15H20O2/c1-3-12-6-8-13(9-7-12)14(16)17-15(2)10-4-5-11-15/h6-9H,3-5,10-11H2,1-2H3. The lowest BCUT2D eigenvalue weighted by atomic mass is 10.1. The number of hydrogen-bond donors (Lipinski definition) is 0. The molecule has 1 saturated carbocycles. The van der Waals surface area contributed by atoms with Gasteiger partial charge in [-0.2, -0.15) is 0 Å². The van der Waals surface area contributed by atoms with Gasteiger partial charge < -0.3 is 4.74 Å². The van der Waals surface area contributed by atoms with Gasteiger partial charge in [-0.15, -0.1) is 0 Å². The van der Waals surface area contributed by atoms with Gasteiger partial charge in [-0.3, -0.25) is 0 Å². The van der Waals surface area contributed by atoms with Gasteiger partial charge in [0.1, 0.15) is 5.60 Å². The van der Waals surface area contributed by atoms with Crippen molar-refractivity contribution in [1.29, 1.82) is 0 Å². The van der Waals surface area contributed by atoms with E-state index in [-0.39, 0.29) is 11.6 Å². The van der Waals surface area contributed by atoms with E-state index in [1.807, 2.05) is 31.2 Å². The fourth-order valence-electron chi connectivity index (χ4n) is 2.38. The minimum atomic E-state index is -0.236. The van der Waals surface area contributed by atoms with Gasteiger partial charge >= 0.3 is 5.97 Å². The molecule has 1 aliphatic rings. The second kappa shape index (κ2) is 4.91. The summed E-state index contributed by atoms with van der Waals surface area (Å²) in [4.78, 5) is 12.0. The Morgan fingerprint density at radius 2 is 1.82 bits per heavy atom. The molecule has 0 radical (unpaired) electrons. The van der Waals surface area contributed by atoms with Crippen molar-refractivity contribution in [3.63, 3.8) is 0 Å². The highest BCUT2D eigenvalue weighted by atomic mass is 16.6. The first-order valence-corrected chi connectivity index (χ1v) is 6.45. The second-order valence-corrected chi connectivity index (χ2v) is 5.10. The summed E-state index contributed by atoms with van der Waals surface area (Å²) in [5.41, 5.74) is 1.67. The molecule has 0 aromatic heterocycles. The maximum atomic E-state index is 12.0. The van der Waals surface area contributed by atoms with Crippen molar-refractivity contribution in [3.8, 4) is 0 Å². The molecular formula is C15H20O2. The lowest BCUT2D eigenvalue weighted by Gasteiger charge is -2.24. The summed E-state index contributed by atoms with van der Waals surface area (Å²) in [7, 11) is 0. The van der Waals surface area contributed by atoms with Crippen molar-refractivity contribution >= 4 is 5.97 Å². The molecule has 1 aliphatic carbocycles. The van der Waals surface area contributed by atoms with E-state index in [2.05, 4.69) is 6.92 Å². The molecule has 0 amide bonds. The summed E-state index contributed by atoms with van der Waals surface area (Å²) in [5, 5.41) is 0. The molecule has 0 unspecified atom stereocenters. The lowest BCUT2D eigenvalue weighted by molar-refractivity contribution is -0.00608. The van der Waals surface area contributed by atoms with Gasteiger partial charge in [-0.1, -0.05) is 19.1 Å². The number of carbonyl (C=O) groups excluding carboxylic acids is 1. The molecule has 0 N–H and O–H groups in total. The molecule has 0 aliphatic heterocycles. The van der Waals surface area contributed by atoms with Crippen molar-refractivity contribution in [2.45, 2.75) is 51.6 Å². The number of carbonyl (C=O) groups is 1. The van der Waals surface area contributed by atoms with Crippen molar-refractivity contribution in [3.05, 3.63) is 35.4 Å². The van der Waals surface area contributed by atoms with Crippen molar-refractivity contribution in [2.75, 3.05) is 0 Å². The van der Waals surface area contributed by atoms with E-state index < -0.39 is 0 Å². The predicted octanol–water partition coefficient (Wildman–Crippen LogP) is 3.74. The molecule has 92 valence electrons. The Bertz CT molecular complexity index is 386. The van der Waals surface area contributed by atoms with E-state index in [1.54, 1.807) is 0 Å². The van der Waals surface area contributed by atoms with Crippen molar-refractivity contribution in [1.82, 2.24) is 0 Å². The molecule has 1 aromatic rings. The quantitative estimate of drug-likeness (QED) is 0.742. The fourth-order valence-corrected chi connectivity index (χ4v) is 2.38. The van der Waals surface area contributed by atoms with Crippen LogP contribution in [0.2, 0.25) is 0 Å². The maximum Gasteiger partial charge on any atom is 0.338 e. The van der Waals surface area contributed by atoms with Crippen LogP contribution < -0.4 is 0 Å². The van der Waals surface area contributed by atoms with Gasteiger partial charge in [0.25, 0.3) is 0 Å². The van der Waals surface area contributed by atoms with E-state index >= 15 is 0 Å². The van der Waals surface area contributed by atoms with E-state index in [0.717, 1.165) is 19.3 Å². The Kier molecular flexibility index (Phi) is 3.51. The predicted molar refractivity (Wildman–Crippen MR) is 68.1 cm³/mol. The maximum absolute atomic E-state index is 12.0. The third kappa shape index (κ3) is 2.87. The van der Waals surface area contributed by atoms with Crippen LogP contribution in [0.25, 0.3) is 0 Å². The van der Waals surface area contributed by atoms with E-state index in [1.165, 1.54) is 18.4 Å². The Morgan fingerprint density at radius 3 is 2.35 bits per heavy atom. The first-order chi connectivity index (χ1) is 8.13. The molecule has 2 heteroatoms. The number of esters is 1. The number of aryl methyl sites for hydroxylation is 1. The van der Waals surface area contributed by atoms with E-state index in [0.29, 0.717) is 5.56 Å². The fraction of sp³-hybridized carbons (Fsp3) is 0.533. The Balaban J connectivity index is 2.03. The van der Waals surface area contributed by atoms with Gasteiger partial charge in [-0.05, 0) is 56.7 Å².